The first-order valence-electron chi connectivity index (χ1n) is 3.45. The van der Waals surface area contributed by atoms with Crippen LogP contribution in [0.15, 0.2) is 0 Å². The second kappa shape index (κ2) is 1.57. The van der Waals surface area contributed by atoms with Crippen molar-refractivity contribution in [3.8, 4) is 0 Å². The average molecular weight is 126 g/mol. The fraction of sp³-hybridized carbons (Fsp3) is 0.857. The summed E-state index contributed by atoms with van der Waals surface area (Å²) in [6.07, 6.45) is 2.19. The fourth-order valence-corrected chi connectivity index (χ4v) is 1.71. The van der Waals surface area contributed by atoms with Gasteiger partial charge >= 0.3 is 0 Å². The number of carbonyl (C=O) groups is 1. The van der Waals surface area contributed by atoms with Crippen LogP contribution in [0, 0.1) is 5.92 Å². The van der Waals surface area contributed by atoms with Crippen molar-refractivity contribution in [2.45, 2.75) is 32.0 Å². The number of ether oxygens (including phenoxy) is 1. The van der Waals surface area contributed by atoms with Gasteiger partial charge in [0.2, 0.25) is 0 Å². The van der Waals surface area contributed by atoms with Crippen LogP contribution in [0.2, 0.25) is 0 Å². The Balaban J connectivity index is 2.08. The summed E-state index contributed by atoms with van der Waals surface area (Å²) in [7, 11) is 0. The standard InChI is InChI=1S/C7H10O2/c1-4-2-5-3-6(8)7(5)9-4/h4-5,7H,2-3H2,1H3. The van der Waals surface area contributed by atoms with Gasteiger partial charge in [-0.1, -0.05) is 0 Å². The summed E-state index contributed by atoms with van der Waals surface area (Å²) in [5, 5.41) is 0. The summed E-state index contributed by atoms with van der Waals surface area (Å²) in [4.78, 5) is 10.7. The molecule has 2 rings (SSSR count). The molecule has 2 nitrogen and oxygen atoms in total. The summed E-state index contributed by atoms with van der Waals surface area (Å²) >= 11 is 0. The van der Waals surface area contributed by atoms with Gasteiger partial charge in [-0.25, -0.2) is 0 Å². The first-order chi connectivity index (χ1) is 4.27. The lowest BCUT2D eigenvalue weighted by Gasteiger charge is -2.25. The third kappa shape index (κ3) is 0.628. The lowest BCUT2D eigenvalue weighted by Crippen LogP contribution is -2.39. The Labute approximate surface area is 54.2 Å². The Morgan fingerprint density at radius 1 is 1.67 bits per heavy atom. The summed E-state index contributed by atoms with van der Waals surface area (Å²) in [6.45, 7) is 2.03. The van der Waals surface area contributed by atoms with E-state index in [0.29, 0.717) is 17.8 Å². The molecule has 1 aliphatic carbocycles. The van der Waals surface area contributed by atoms with Gasteiger partial charge in [-0.3, -0.25) is 4.79 Å². The van der Waals surface area contributed by atoms with Crippen LogP contribution >= 0.6 is 0 Å². The van der Waals surface area contributed by atoms with E-state index in [-0.39, 0.29) is 6.10 Å². The second-order valence-electron chi connectivity index (χ2n) is 3.03. The SMILES string of the molecule is CC1CC2CC(=O)C2O1. The summed E-state index contributed by atoms with van der Waals surface area (Å²) < 4.78 is 5.32. The van der Waals surface area contributed by atoms with Gasteiger partial charge < -0.3 is 4.74 Å². The average Bonchev–Trinajstić information content (AvgIpc) is 2.08. The number of hydrogen-bond donors (Lipinski definition) is 0. The molecule has 50 valence electrons. The normalized spacial score (nSPS) is 48.6. The van der Waals surface area contributed by atoms with E-state index in [1.165, 1.54) is 0 Å². The molecule has 2 aliphatic rings. The molecule has 3 atom stereocenters. The van der Waals surface area contributed by atoms with Crippen LogP contribution in [-0.4, -0.2) is 18.0 Å². The topological polar surface area (TPSA) is 26.3 Å². The monoisotopic (exact) mass is 126 g/mol. The smallest absolute Gasteiger partial charge is 0.162 e. The van der Waals surface area contributed by atoms with Crippen LogP contribution in [-0.2, 0) is 9.53 Å². The van der Waals surface area contributed by atoms with Crippen LogP contribution in [0.4, 0.5) is 0 Å². The Kier molecular flexibility index (Phi) is 0.943. The van der Waals surface area contributed by atoms with E-state index < -0.39 is 0 Å². The Morgan fingerprint density at radius 3 is 2.89 bits per heavy atom. The molecule has 2 fully saturated rings. The zero-order chi connectivity index (χ0) is 6.43. The van der Waals surface area contributed by atoms with E-state index in [0.717, 1.165) is 12.8 Å². The number of hydrogen-bond acceptors (Lipinski definition) is 2. The third-order valence-electron chi connectivity index (χ3n) is 2.22. The maximum Gasteiger partial charge on any atom is 0.162 e. The van der Waals surface area contributed by atoms with Gasteiger partial charge in [0.25, 0.3) is 0 Å². The van der Waals surface area contributed by atoms with Crippen LogP contribution < -0.4 is 0 Å². The number of carbonyl (C=O) groups excluding carboxylic acids is 1. The number of fused-ring (bicyclic) bond motifs is 1. The first-order valence-corrected chi connectivity index (χ1v) is 3.45. The lowest BCUT2D eigenvalue weighted by atomic mass is 9.80. The Hall–Kier alpha value is -0.370. The van der Waals surface area contributed by atoms with Crippen molar-refractivity contribution < 1.29 is 9.53 Å². The van der Waals surface area contributed by atoms with Gasteiger partial charge in [0.1, 0.15) is 6.10 Å². The molecule has 2 heteroatoms. The van der Waals surface area contributed by atoms with Crippen LogP contribution in [0.5, 0.6) is 0 Å². The minimum Gasteiger partial charge on any atom is -0.367 e. The van der Waals surface area contributed by atoms with Gasteiger partial charge in [-0.2, -0.15) is 0 Å². The fourth-order valence-electron chi connectivity index (χ4n) is 1.71. The van der Waals surface area contributed by atoms with Crippen molar-refractivity contribution in [1.82, 2.24) is 0 Å². The highest BCUT2D eigenvalue weighted by atomic mass is 16.5. The quantitative estimate of drug-likeness (QED) is 0.479. The van der Waals surface area contributed by atoms with Crippen LogP contribution in [0.3, 0.4) is 0 Å². The maximum absolute atomic E-state index is 10.7. The molecule has 0 spiro atoms. The van der Waals surface area contributed by atoms with Crippen molar-refractivity contribution >= 4 is 5.78 Å². The molecule has 3 unspecified atom stereocenters. The van der Waals surface area contributed by atoms with E-state index in [1.54, 1.807) is 0 Å². The zero-order valence-corrected chi connectivity index (χ0v) is 5.46. The van der Waals surface area contributed by atoms with E-state index in [4.69, 9.17) is 4.74 Å². The largest absolute Gasteiger partial charge is 0.367 e. The van der Waals surface area contributed by atoms with Gasteiger partial charge in [0.05, 0.1) is 6.10 Å². The van der Waals surface area contributed by atoms with Gasteiger partial charge in [-0.15, -0.1) is 0 Å². The van der Waals surface area contributed by atoms with Crippen LogP contribution in [0.25, 0.3) is 0 Å². The van der Waals surface area contributed by atoms with Gasteiger partial charge in [-0.05, 0) is 13.3 Å². The van der Waals surface area contributed by atoms with Gasteiger partial charge in [0, 0.05) is 12.3 Å². The molecule has 1 saturated carbocycles. The molecule has 0 amide bonds. The molecule has 0 N–H and O–H groups in total. The predicted molar refractivity (Wildman–Crippen MR) is 32.1 cm³/mol. The Bertz CT molecular complexity index is 153. The second-order valence-corrected chi connectivity index (χ2v) is 3.03. The molecule has 0 aromatic rings. The zero-order valence-electron chi connectivity index (χ0n) is 5.46. The van der Waals surface area contributed by atoms with Crippen molar-refractivity contribution in [1.29, 1.82) is 0 Å². The number of ketones is 1. The highest BCUT2D eigenvalue weighted by Crippen LogP contribution is 2.38. The molecule has 9 heavy (non-hydrogen) atoms. The van der Waals surface area contributed by atoms with Crippen molar-refractivity contribution in [2.24, 2.45) is 5.92 Å². The molecule has 0 radical (unpaired) electrons. The first kappa shape index (κ1) is 5.42. The number of rotatable bonds is 0. The molecule has 1 aliphatic heterocycles. The van der Waals surface area contributed by atoms with E-state index in [1.807, 2.05) is 6.92 Å². The molecule has 0 bridgehead atoms. The minimum absolute atomic E-state index is 0.000000000000000222. The summed E-state index contributed by atoms with van der Waals surface area (Å²) in [5.41, 5.74) is 0. The highest BCUT2D eigenvalue weighted by Gasteiger charge is 2.46. The maximum atomic E-state index is 10.7. The summed E-state index contributed by atoms with van der Waals surface area (Å²) in [6, 6.07) is 0. The van der Waals surface area contributed by atoms with E-state index >= 15 is 0 Å². The number of Topliss-reactive ketones (excluding diaryl/α,β-unsaturated/α-hetero) is 1. The molecular weight excluding hydrogens is 116 g/mol. The van der Waals surface area contributed by atoms with Crippen molar-refractivity contribution in [3.63, 3.8) is 0 Å². The van der Waals surface area contributed by atoms with Gasteiger partial charge in [0.15, 0.2) is 5.78 Å². The molecule has 0 aromatic heterocycles. The molecule has 0 aromatic carbocycles. The highest BCUT2D eigenvalue weighted by molar-refractivity contribution is 5.90. The molecule has 1 heterocycles. The van der Waals surface area contributed by atoms with Crippen LogP contribution in [0.1, 0.15) is 19.8 Å². The third-order valence-corrected chi connectivity index (χ3v) is 2.22. The molecular formula is C7H10O2. The minimum atomic E-state index is -0.000000000000000222. The summed E-state index contributed by atoms with van der Waals surface area (Å²) in [5.74, 6) is 0.886. The lowest BCUT2D eigenvalue weighted by molar-refractivity contribution is -0.141. The Morgan fingerprint density at radius 2 is 2.44 bits per heavy atom. The van der Waals surface area contributed by atoms with Crippen molar-refractivity contribution in [2.75, 3.05) is 0 Å². The van der Waals surface area contributed by atoms with E-state index in [2.05, 4.69) is 0 Å². The van der Waals surface area contributed by atoms with E-state index in [9.17, 15) is 4.79 Å². The van der Waals surface area contributed by atoms with Crippen molar-refractivity contribution in [3.05, 3.63) is 0 Å². The molecule has 1 saturated heterocycles. The predicted octanol–water partition coefficient (Wildman–Crippen LogP) is 0.753.